The van der Waals surface area contributed by atoms with Crippen molar-refractivity contribution >= 4 is 11.6 Å². The molecule has 14 heavy (non-hydrogen) atoms. The molecule has 0 saturated heterocycles. The Morgan fingerprint density at radius 3 is 3.07 bits per heavy atom. The Morgan fingerprint density at radius 2 is 2.43 bits per heavy atom. The topological polar surface area (TPSA) is 33.1 Å². The van der Waals surface area contributed by atoms with Crippen LogP contribution in [0.3, 0.4) is 0 Å². The Bertz CT molecular complexity index is 362. The summed E-state index contributed by atoms with van der Waals surface area (Å²) in [6.07, 6.45) is 7.72. The van der Waals surface area contributed by atoms with Crippen molar-refractivity contribution in [2.45, 2.75) is 25.4 Å². The molecule has 0 aliphatic heterocycles. The molecule has 1 unspecified atom stereocenters. The van der Waals surface area contributed by atoms with Crippen LogP contribution in [0.4, 0.5) is 0 Å². The van der Waals surface area contributed by atoms with Crippen LogP contribution in [0.5, 0.6) is 0 Å². The lowest BCUT2D eigenvalue weighted by molar-refractivity contribution is 0.223. The number of nitrogens with zero attached hydrogens (tertiary/aromatic N) is 1. The number of halogens is 1. The summed E-state index contributed by atoms with van der Waals surface area (Å²) in [5.41, 5.74) is 2.35. The maximum atomic E-state index is 9.33. The number of rotatable bonds is 2. The van der Waals surface area contributed by atoms with E-state index in [0.717, 1.165) is 24.8 Å². The molecule has 2 rings (SSSR count). The zero-order chi connectivity index (χ0) is 9.97. The van der Waals surface area contributed by atoms with E-state index in [1.165, 1.54) is 5.57 Å². The molecule has 0 saturated carbocycles. The van der Waals surface area contributed by atoms with Crippen molar-refractivity contribution in [2.24, 2.45) is 0 Å². The van der Waals surface area contributed by atoms with E-state index >= 15 is 0 Å². The highest BCUT2D eigenvalue weighted by Crippen LogP contribution is 2.24. The predicted octanol–water partition coefficient (Wildman–Crippen LogP) is 2.36. The second kappa shape index (κ2) is 4.11. The van der Waals surface area contributed by atoms with E-state index in [9.17, 15) is 5.11 Å². The quantitative estimate of drug-likeness (QED) is 0.759. The lowest BCUT2D eigenvalue weighted by Crippen LogP contribution is -1.93. The van der Waals surface area contributed by atoms with Crippen molar-refractivity contribution in [1.29, 1.82) is 0 Å². The number of aromatic nitrogens is 1. The summed E-state index contributed by atoms with van der Waals surface area (Å²) in [6, 6.07) is 1.92. The summed E-state index contributed by atoms with van der Waals surface area (Å²) in [7, 11) is 0. The lowest BCUT2D eigenvalue weighted by Gasteiger charge is -2.03. The average Bonchev–Trinajstić information content (AvgIpc) is 2.56. The predicted molar refractivity (Wildman–Crippen MR) is 56.3 cm³/mol. The van der Waals surface area contributed by atoms with Crippen LogP contribution >= 0.6 is 11.6 Å². The molecule has 0 bridgehead atoms. The number of aliphatic hydroxyl groups is 1. The molecule has 0 spiro atoms. The number of hydrogen-bond donors (Lipinski definition) is 1. The molecule has 0 radical (unpaired) electrons. The summed E-state index contributed by atoms with van der Waals surface area (Å²) >= 11 is 5.99. The first-order chi connectivity index (χ1) is 6.75. The standard InChI is InChI=1S/C11H12ClNO/c12-11-7-13-4-3-9(11)5-8-1-2-10(14)6-8/h3-4,6-7,10,14H,1-2,5H2. The fraction of sp³-hybridized carbons (Fsp3) is 0.364. The second-order valence-corrected chi connectivity index (χ2v) is 3.98. The van der Waals surface area contributed by atoms with Crippen LogP contribution in [0.15, 0.2) is 30.1 Å². The van der Waals surface area contributed by atoms with Crippen LogP contribution in [0.2, 0.25) is 5.02 Å². The third-order valence-corrected chi connectivity index (χ3v) is 2.80. The van der Waals surface area contributed by atoms with Gasteiger partial charge >= 0.3 is 0 Å². The van der Waals surface area contributed by atoms with Gasteiger partial charge in [0, 0.05) is 12.4 Å². The van der Waals surface area contributed by atoms with E-state index in [2.05, 4.69) is 4.98 Å². The van der Waals surface area contributed by atoms with Crippen molar-refractivity contribution in [3.8, 4) is 0 Å². The monoisotopic (exact) mass is 209 g/mol. The fourth-order valence-corrected chi connectivity index (χ4v) is 1.90. The number of allylic oxidation sites excluding steroid dienone is 1. The van der Waals surface area contributed by atoms with Crippen molar-refractivity contribution in [1.82, 2.24) is 4.98 Å². The van der Waals surface area contributed by atoms with E-state index in [1.807, 2.05) is 12.1 Å². The van der Waals surface area contributed by atoms with Crippen molar-refractivity contribution in [2.75, 3.05) is 0 Å². The summed E-state index contributed by atoms with van der Waals surface area (Å²) in [4.78, 5) is 3.93. The summed E-state index contributed by atoms with van der Waals surface area (Å²) < 4.78 is 0. The minimum absolute atomic E-state index is 0.259. The van der Waals surface area contributed by atoms with E-state index < -0.39 is 0 Å². The normalized spacial score (nSPS) is 21.0. The fourth-order valence-electron chi connectivity index (χ4n) is 1.71. The van der Waals surface area contributed by atoms with Crippen LogP contribution < -0.4 is 0 Å². The van der Waals surface area contributed by atoms with Gasteiger partial charge in [-0.3, -0.25) is 4.98 Å². The Labute approximate surface area is 88.2 Å². The van der Waals surface area contributed by atoms with E-state index in [-0.39, 0.29) is 6.10 Å². The molecule has 3 heteroatoms. The number of hydrogen-bond acceptors (Lipinski definition) is 2. The Kier molecular flexibility index (Phi) is 2.85. The minimum Gasteiger partial charge on any atom is -0.389 e. The first kappa shape index (κ1) is 9.69. The molecule has 1 aliphatic rings. The largest absolute Gasteiger partial charge is 0.389 e. The van der Waals surface area contributed by atoms with Crippen LogP contribution in [0, 0.1) is 0 Å². The first-order valence-electron chi connectivity index (χ1n) is 4.72. The van der Waals surface area contributed by atoms with Crippen molar-refractivity contribution in [3.05, 3.63) is 40.7 Å². The highest BCUT2D eigenvalue weighted by Gasteiger charge is 2.13. The van der Waals surface area contributed by atoms with E-state index in [4.69, 9.17) is 11.6 Å². The van der Waals surface area contributed by atoms with Gasteiger partial charge in [0.05, 0.1) is 11.1 Å². The molecular formula is C11H12ClNO. The zero-order valence-electron chi connectivity index (χ0n) is 7.78. The molecular weight excluding hydrogens is 198 g/mol. The summed E-state index contributed by atoms with van der Waals surface area (Å²) in [5.74, 6) is 0. The maximum Gasteiger partial charge on any atom is 0.0726 e. The van der Waals surface area contributed by atoms with Crippen LogP contribution in [0.25, 0.3) is 0 Å². The highest BCUT2D eigenvalue weighted by atomic mass is 35.5. The van der Waals surface area contributed by atoms with Gasteiger partial charge < -0.3 is 5.11 Å². The molecule has 1 aromatic rings. The number of pyridine rings is 1. The van der Waals surface area contributed by atoms with Crippen molar-refractivity contribution in [3.63, 3.8) is 0 Å². The minimum atomic E-state index is -0.259. The van der Waals surface area contributed by atoms with Gasteiger partial charge in [-0.05, 0) is 30.9 Å². The summed E-state index contributed by atoms with van der Waals surface area (Å²) in [5, 5.41) is 10.0. The third-order valence-electron chi connectivity index (χ3n) is 2.46. The van der Waals surface area contributed by atoms with Gasteiger partial charge in [0.1, 0.15) is 0 Å². The molecule has 2 nitrogen and oxygen atoms in total. The highest BCUT2D eigenvalue weighted by molar-refractivity contribution is 6.31. The average molecular weight is 210 g/mol. The molecule has 74 valence electrons. The first-order valence-corrected chi connectivity index (χ1v) is 5.09. The van der Waals surface area contributed by atoms with Gasteiger partial charge in [-0.2, -0.15) is 0 Å². The smallest absolute Gasteiger partial charge is 0.0726 e. The Hall–Kier alpha value is -0.860. The SMILES string of the molecule is OC1C=C(Cc2ccncc2Cl)CC1. The number of aliphatic hydroxyl groups excluding tert-OH is 1. The third kappa shape index (κ3) is 2.14. The van der Waals surface area contributed by atoms with Crippen LogP contribution in [0.1, 0.15) is 18.4 Å². The molecule has 0 fully saturated rings. The Balaban J connectivity index is 2.12. The molecule has 1 atom stereocenters. The zero-order valence-corrected chi connectivity index (χ0v) is 8.54. The van der Waals surface area contributed by atoms with Crippen LogP contribution in [-0.2, 0) is 6.42 Å². The van der Waals surface area contributed by atoms with Gasteiger partial charge in [-0.15, -0.1) is 0 Å². The van der Waals surface area contributed by atoms with Gasteiger partial charge in [-0.25, -0.2) is 0 Å². The van der Waals surface area contributed by atoms with E-state index in [1.54, 1.807) is 12.4 Å². The molecule has 0 aromatic carbocycles. The summed E-state index contributed by atoms with van der Waals surface area (Å²) in [6.45, 7) is 0. The van der Waals surface area contributed by atoms with Crippen molar-refractivity contribution < 1.29 is 5.11 Å². The van der Waals surface area contributed by atoms with Gasteiger partial charge in [0.2, 0.25) is 0 Å². The molecule has 1 aliphatic carbocycles. The lowest BCUT2D eigenvalue weighted by atomic mass is 10.1. The molecule has 1 N–H and O–H groups in total. The van der Waals surface area contributed by atoms with Gasteiger partial charge in [0.25, 0.3) is 0 Å². The molecule has 1 aromatic heterocycles. The maximum absolute atomic E-state index is 9.33. The van der Waals surface area contributed by atoms with E-state index in [0.29, 0.717) is 5.02 Å². The molecule has 0 amide bonds. The second-order valence-electron chi connectivity index (χ2n) is 3.57. The Morgan fingerprint density at radius 1 is 1.57 bits per heavy atom. The van der Waals surface area contributed by atoms with Gasteiger partial charge in [0.15, 0.2) is 0 Å². The van der Waals surface area contributed by atoms with Gasteiger partial charge in [-0.1, -0.05) is 23.3 Å². The molecule has 1 heterocycles. The van der Waals surface area contributed by atoms with Crippen LogP contribution in [-0.4, -0.2) is 16.2 Å².